The standard InChI is InChI=1S/C8H12F3N5/c1-5-3-6(14-7(13-5)15-12)16(2)4-8(9,10)11/h3H,4,12H2,1-2H3,(H,13,14,15). The van der Waals surface area contributed by atoms with Crippen molar-refractivity contribution in [1.29, 1.82) is 0 Å². The van der Waals surface area contributed by atoms with Gasteiger partial charge in [0.05, 0.1) is 0 Å². The molecular formula is C8H12F3N5. The summed E-state index contributed by atoms with van der Waals surface area (Å²) in [6.45, 7) is 0.570. The molecule has 0 unspecified atom stereocenters. The van der Waals surface area contributed by atoms with Crippen molar-refractivity contribution in [3.8, 4) is 0 Å². The number of aromatic nitrogens is 2. The fourth-order valence-corrected chi connectivity index (χ4v) is 1.16. The maximum absolute atomic E-state index is 12.1. The number of halogens is 3. The third-order valence-corrected chi connectivity index (χ3v) is 1.78. The van der Waals surface area contributed by atoms with Crippen LogP contribution in [0.5, 0.6) is 0 Å². The first-order valence-electron chi connectivity index (χ1n) is 4.42. The minimum absolute atomic E-state index is 0.0871. The molecule has 5 nitrogen and oxygen atoms in total. The number of nitrogens with two attached hydrogens (primary N) is 1. The van der Waals surface area contributed by atoms with Crippen LogP contribution in [0.2, 0.25) is 0 Å². The van der Waals surface area contributed by atoms with E-state index < -0.39 is 12.7 Å². The van der Waals surface area contributed by atoms with Gasteiger partial charge in [0, 0.05) is 18.8 Å². The summed E-state index contributed by atoms with van der Waals surface area (Å²) in [6.07, 6.45) is -4.27. The van der Waals surface area contributed by atoms with Crippen molar-refractivity contribution >= 4 is 11.8 Å². The van der Waals surface area contributed by atoms with E-state index in [4.69, 9.17) is 5.84 Å². The highest BCUT2D eigenvalue weighted by atomic mass is 19.4. The summed E-state index contributed by atoms with van der Waals surface area (Å²) in [5.41, 5.74) is 2.73. The lowest BCUT2D eigenvalue weighted by atomic mass is 10.4. The van der Waals surface area contributed by atoms with Crippen LogP contribution in [0.4, 0.5) is 24.9 Å². The predicted octanol–water partition coefficient (Wildman–Crippen LogP) is 1.07. The molecule has 16 heavy (non-hydrogen) atoms. The van der Waals surface area contributed by atoms with Crippen LogP contribution in [0, 0.1) is 6.92 Å². The van der Waals surface area contributed by atoms with Gasteiger partial charge in [0.25, 0.3) is 0 Å². The third kappa shape index (κ3) is 3.54. The van der Waals surface area contributed by atoms with Gasteiger partial charge < -0.3 is 4.90 Å². The summed E-state index contributed by atoms with van der Waals surface area (Å²) < 4.78 is 36.4. The minimum Gasteiger partial charge on any atom is -0.350 e. The van der Waals surface area contributed by atoms with Crippen LogP contribution in [-0.2, 0) is 0 Å². The van der Waals surface area contributed by atoms with Crippen molar-refractivity contribution < 1.29 is 13.2 Å². The average molecular weight is 235 g/mol. The Labute approximate surface area is 90.4 Å². The predicted molar refractivity (Wildman–Crippen MR) is 53.9 cm³/mol. The molecule has 0 aromatic carbocycles. The highest BCUT2D eigenvalue weighted by Crippen LogP contribution is 2.20. The summed E-state index contributed by atoms with van der Waals surface area (Å²) in [5, 5.41) is 0. The molecule has 0 fully saturated rings. The maximum Gasteiger partial charge on any atom is 0.405 e. The molecular weight excluding hydrogens is 223 g/mol. The molecule has 90 valence electrons. The van der Waals surface area contributed by atoms with Crippen LogP contribution in [0.3, 0.4) is 0 Å². The summed E-state index contributed by atoms with van der Waals surface area (Å²) >= 11 is 0. The van der Waals surface area contributed by atoms with Gasteiger partial charge >= 0.3 is 6.18 Å². The Kier molecular flexibility index (Phi) is 3.53. The molecule has 0 saturated heterocycles. The van der Waals surface area contributed by atoms with Crippen LogP contribution >= 0.6 is 0 Å². The molecule has 0 spiro atoms. The largest absolute Gasteiger partial charge is 0.405 e. The molecule has 0 amide bonds. The number of nitrogen functional groups attached to an aromatic ring is 1. The molecule has 0 bridgehead atoms. The van der Waals surface area contributed by atoms with E-state index in [1.54, 1.807) is 6.92 Å². The van der Waals surface area contributed by atoms with E-state index in [9.17, 15) is 13.2 Å². The Morgan fingerprint density at radius 3 is 2.56 bits per heavy atom. The second-order valence-corrected chi connectivity index (χ2v) is 3.31. The van der Waals surface area contributed by atoms with Gasteiger partial charge in [-0.15, -0.1) is 0 Å². The van der Waals surface area contributed by atoms with Crippen molar-refractivity contribution in [3.05, 3.63) is 11.8 Å². The highest BCUT2D eigenvalue weighted by molar-refractivity contribution is 5.43. The number of rotatable bonds is 3. The monoisotopic (exact) mass is 235 g/mol. The number of aryl methyl sites for hydroxylation is 1. The lowest BCUT2D eigenvalue weighted by molar-refractivity contribution is -0.119. The first kappa shape index (κ1) is 12.5. The molecule has 1 aromatic heterocycles. The fourth-order valence-electron chi connectivity index (χ4n) is 1.16. The van der Waals surface area contributed by atoms with Crippen molar-refractivity contribution in [2.24, 2.45) is 5.84 Å². The molecule has 8 heteroatoms. The zero-order valence-corrected chi connectivity index (χ0v) is 8.84. The topological polar surface area (TPSA) is 67.1 Å². The first-order valence-corrected chi connectivity index (χ1v) is 4.42. The van der Waals surface area contributed by atoms with E-state index >= 15 is 0 Å². The first-order chi connectivity index (χ1) is 7.31. The SMILES string of the molecule is Cc1cc(N(C)CC(F)(F)F)nc(NN)n1. The summed E-state index contributed by atoms with van der Waals surface area (Å²) in [4.78, 5) is 8.67. The lowest BCUT2D eigenvalue weighted by Crippen LogP contribution is -2.31. The molecule has 1 aromatic rings. The third-order valence-electron chi connectivity index (χ3n) is 1.78. The average Bonchev–Trinajstić information content (AvgIpc) is 2.14. The number of alkyl halides is 3. The molecule has 0 saturated carbocycles. The second kappa shape index (κ2) is 4.52. The quantitative estimate of drug-likeness (QED) is 0.606. The van der Waals surface area contributed by atoms with Gasteiger partial charge in [0.15, 0.2) is 0 Å². The second-order valence-electron chi connectivity index (χ2n) is 3.31. The molecule has 0 radical (unpaired) electrons. The van der Waals surface area contributed by atoms with E-state index in [1.165, 1.54) is 13.1 Å². The number of hydrogen-bond donors (Lipinski definition) is 2. The van der Waals surface area contributed by atoms with Crippen LogP contribution < -0.4 is 16.2 Å². The van der Waals surface area contributed by atoms with E-state index in [0.29, 0.717) is 5.69 Å². The van der Waals surface area contributed by atoms with Gasteiger partial charge in [-0.2, -0.15) is 18.2 Å². The van der Waals surface area contributed by atoms with Crippen LogP contribution in [0.25, 0.3) is 0 Å². The number of nitrogens with zero attached hydrogens (tertiary/aromatic N) is 3. The molecule has 0 aliphatic heterocycles. The zero-order valence-electron chi connectivity index (χ0n) is 8.84. The zero-order chi connectivity index (χ0) is 12.3. The number of hydrazine groups is 1. The summed E-state index contributed by atoms with van der Waals surface area (Å²) in [7, 11) is 1.30. The minimum atomic E-state index is -4.27. The highest BCUT2D eigenvalue weighted by Gasteiger charge is 2.30. The van der Waals surface area contributed by atoms with Gasteiger partial charge in [-0.05, 0) is 6.92 Å². The maximum atomic E-state index is 12.1. The summed E-state index contributed by atoms with van der Waals surface area (Å²) in [6, 6.07) is 1.45. The van der Waals surface area contributed by atoms with E-state index in [0.717, 1.165) is 4.90 Å². The van der Waals surface area contributed by atoms with Crippen molar-refractivity contribution in [1.82, 2.24) is 9.97 Å². The molecule has 1 rings (SSSR count). The van der Waals surface area contributed by atoms with Crippen molar-refractivity contribution in [2.45, 2.75) is 13.1 Å². The van der Waals surface area contributed by atoms with Crippen molar-refractivity contribution in [3.63, 3.8) is 0 Å². The molecule has 3 N–H and O–H groups in total. The van der Waals surface area contributed by atoms with Gasteiger partial charge in [0.2, 0.25) is 5.95 Å². The van der Waals surface area contributed by atoms with E-state index in [2.05, 4.69) is 15.4 Å². The van der Waals surface area contributed by atoms with Gasteiger partial charge in [-0.25, -0.2) is 10.8 Å². The van der Waals surface area contributed by atoms with Crippen molar-refractivity contribution in [2.75, 3.05) is 23.9 Å². The molecule has 0 atom stereocenters. The van der Waals surface area contributed by atoms with Crippen LogP contribution in [0.1, 0.15) is 5.69 Å². The van der Waals surface area contributed by atoms with E-state index in [1.807, 2.05) is 0 Å². The Morgan fingerprint density at radius 1 is 1.44 bits per heavy atom. The number of nitrogens with one attached hydrogen (secondary N) is 1. The lowest BCUT2D eigenvalue weighted by Gasteiger charge is -2.20. The Balaban J connectivity index is 2.90. The van der Waals surface area contributed by atoms with Gasteiger partial charge in [-0.1, -0.05) is 0 Å². The van der Waals surface area contributed by atoms with Gasteiger partial charge in [0.1, 0.15) is 12.4 Å². The number of hydrogen-bond acceptors (Lipinski definition) is 5. The van der Waals surface area contributed by atoms with Gasteiger partial charge in [-0.3, -0.25) is 5.43 Å². The number of anilines is 2. The molecule has 1 heterocycles. The smallest absolute Gasteiger partial charge is 0.350 e. The van der Waals surface area contributed by atoms with E-state index in [-0.39, 0.29) is 11.8 Å². The molecule has 0 aliphatic carbocycles. The fraction of sp³-hybridized carbons (Fsp3) is 0.500. The Hall–Kier alpha value is -1.57. The normalized spacial score (nSPS) is 11.4. The van der Waals surface area contributed by atoms with Crippen LogP contribution in [0.15, 0.2) is 6.07 Å². The van der Waals surface area contributed by atoms with Crippen LogP contribution in [-0.4, -0.2) is 29.7 Å². The Bertz CT molecular complexity index is 365. The molecule has 0 aliphatic rings. The summed E-state index contributed by atoms with van der Waals surface area (Å²) in [5.74, 6) is 5.35. The Morgan fingerprint density at radius 2 is 2.06 bits per heavy atom.